The number of benzene rings is 2. The Bertz CT molecular complexity index is 2500. The van der Waals surface area contributed by atoms with Crippen molar-refractivity contribution >= 4 is 11.9 Å². The van der Waals surface area contributed by atoms with E-state index in [1.54, 1.807) is 33.4 Å². The maximum atomic E-state index is 12.9. The van der Waals surface area contributed by atoms with E-state index in [2.05, 4.69) is 68.9 Å². The third-order valence-corrected chi connectivity index (χ3v) is 12.9. The Morgan fingerprint density at radius 3 is 1.70 bits per heavy atom. The smallest absolute Gasteiger partial charge is 0.343 e. The van der Waals surface area contributed by atoms with Crippen LogP contribution in [0.15, 0.2) is 58.4 Å². The number of fused-ring (bicyclic) bond motifs is 12. The summed E-state index contributed by atoms with van der Waals surface area (Å²) in [4.78, 5) is 49.5. The first-order chi connectivity index (χ1) is 30.1. The predicted octanol–water partition coefficient (Wildman–Crippen LogP) is 7.74. The average Bonchev–Trinajstić information content (AvgIpc) is 3.75. The first kappa shape index (κ1) is 45.4. The number of nitrogens with zero attached hydrogens (tertiary/aromatic N) is 4. The zero-order chi connectivity index (χ0) is 45.4. The van der Waals surface area contributed by atoms with E-state index in [1.165, 1.54) is 12.3 Å². The van der Waals surface area contributed by atoms with E-state index in [1.807, 2.05) is 16.3 Å². The van der Waals surface area contributed by atoms with E-state index >= 15 is 0 Å². The molecule has 4 aliphatic rings. The van der Waals surface area contributed by atoms with Crippen molar-refractivity contribution in [1.82, 2.24) is 9.35 Å². The van der Waals surface area contributed by atoms with Gasteiger partial charge in [0.1, 0.15) is 22.6 Å². The molecule has 0 bridgehead atoms. The number of methoxy groups -OCH3 is 2. The van der Waals surface area contributed by atoms with Crippen LogP contribution in [-0.2, 0) is 20.6 Å². The Morgan fingerprint density at radius 1 is 0.698 bits per heavy atom. The van der Waals surface area contributed by atoms with E-state index in [4.69, 9.17) is 23.7 Å². The maximum absolute atomic E-state index is 12.9. The molecule has 8 rings (SSSR count). The van der Waals surface area contributed by atoms with Crippen molar-refractivity contribution in [1.29, 1.82) is 0 Å². The number of hydrogen-bond donors (Lipinski definition) is 1. The fraction of sp³-hybridized carbons (Fsp3) is 0.510. The van der Waals surface area contributed by atoms with Crippen LogP contribution in [0.3, 0.4) is 0 Å². The second kappa shape index (κ2) is 18.2. The highest BCUT2D eigenvalue weighted by Crippen LogP contribution is 2.51. The Morgan fingerprint density at radius 2 is 1.19 bits per heavy atom. The lowest BCUT2D eigenvalue weighted by Gasteiger charge is -2.44. The van der Waals surface area contributed by atoms with Gasteiger partial charge in [-0.25, -0.2) is 9.59 Å². The Balaban J connectivity index is 0.000000189. The van der Waals surface area contributed by atoms with Crippen LogP contribution in [0.25, 0.3) is 22.5 Å². The van der Waals surface area contributed by atoms with Crippen molar-refractivity contribution < 1.29 is 38.4 Å². The summed E-state index contributed by atoms with van der Waals surface area (Å²) in [5, 5.41) is 14.0. The van der Waals surface area contributed by atoms with Gasteiger partial charge in [0.25, 0.3) is 0 Å². The van der Waals surface area contributed by atoms with Crippen LogP contribution in [0.4, 0.5) is 0 Å². The molecule has 0 unspecified atom stereocenters. The first-order valence-corrected chi connectivity index (χ1v) is 22.1. The quantitative estimate of drug-likeness (QED) is 0.0976. The van der Waals surface area contributed by atoms with E-state index in [0.717, 1.165) is 101 Å². The molecule has 63 heavy (non-hydrogen) atoms. The molecule has 14 nitrogen and oxygen atoms in total. The SMILES string of the molecule is CCOC(=O)c1cn2c(cc1=O)-c1cc(C)c(OCCCOC)cc1[C@H]1CCC(C)(C)N12.CCc1cc2c(cc1OCCCOC)[C@H]1CCC(C)(C)N1n1cc(C(=O)O)c(=O)cc1-2. The van der Waals surface area contributed by atoms with Crippen LogP contribution in [0.2, 0.25) is 0 Å². The second-order valence-electron chi connectivity index (χ2n) is 18.0. The number of esters is 1. The molecule has 4 aromatic rings. The summed E-state index contributed by atoms with van der Waals surface area (Å²) in [7, 11) is 3.37. The number of carboxylic acids is 1. The van der Waals surface area contributed by atoms with Gasteiger partial charge >= 0.3 is 11.9 Å². The molecule has 0 radical (unpaired) electrons. The number of aromatic carboxylic acids is 1. The number of aromatic nitrogens is 2. The molecule has 2 aromatic carbocycles. The van der Waals surface area contributed by atoms with Gasteiger partial charge < -0.3 is 28.8 Å². The summed E-state index contributed by atoms with van der Waals surface area (Å²) in [5.41, 5.74) is 6.64. The summed E-state index contributed by atoms with van der Waals surface area (Å²) >= 11 is 0. The molecule has 0 aliphatic carbocycles. The number of pyridine rings is 2. The summed E-state index contributed by atoms with van der Waals surface area (Å²) in [6.07, 6.45) is 9.46. The molecular formula is C49H62N4O10. The highest BCUT2D eigenvalue weighted by atomic mass is 16.5. The number of aryl methyl sites for hydroxylation is 2. The Kier molecular flexibility index (Phi) is 13.2. The zero-order valence-electron chi connectivity index (χ0n) is 38.2. The third kappa shape index (κ3) is 8.59. The molecule has 0 amide bonds. The second-order valence-corrected chi connectivity index (χ2v) is 18.0. The number of rotatable bonds is 14. The lowest BCUT2D eigenvalue weighted by molar-refractivity contribution is 0.0523. The maximum Gasteiger partial charge on any atom is 0.343 e. The van der Waals surface area contributed by atoms with Crippen molar-refractivity contribution in [3.05, 3.63) is 103 Å². The molecule has 4 aliphatic heterocycles. The summed E-state index contributed by atoms with van der Waals surface area (Å²) in [5.74, 6) is -0.0414. The molecule has 2 atom stereocenters. The molecule has 338 valence electrons. The fourth-order valence-corrected chi connectivity index (χ4v) is 9.76. The summed E-state index contributed by atoms with van der Waals surface area (Å²) in [6, 6.07) is 11.7. The molecule has 0 saturated carbocycles. The van der Waals surface area contributed by atoms with Crippen LogP contribution in [-0.4, -0.2) is 84.7 Å². The van der Waals surface area contributed by atoms with Gasteiger partial charge in [-0.2, -0.15) is 0 Å². The normalized spacial score (nSPS) is 18.2. The van der Waals surface area contributed by atoms with Gasteiger partial charge in [0.2, 0.25) is 0 Å². The Labute approximate surface area is 369 Å². The fourth-order valence-electron chi connectivity index (χ4n) is 9.76. The van der Waals surface area contributed by atoms with Crippen LogP contribution >= 0.6 is 0 Å². The molecule has 1 N–H and O–H groups in total. The van der Waals surface area contributed by atoms with Gasteiger partial charge in [-0.1, -0.05) is 6.92 Å². The van der Waals surface area contributed by atoms with Crippen LogP contribution in [0.1, 0.15) is 135 Å². The van der Waals surface area contributed by atoms with Gasteiger partial charge in [0.05, 0.1) is 54.4 Å². The van der Waals surface area contributed by atoms with Gasteiger partial charge in [0, 0.05) is 75.9 Å². The minimum atomic E-state index is -1.20. The number of carbonyl (C=O) groups excluding carboxylic acids is 1. The standard InChI is InChI=1S/C25H32N2O5.C24H30N2O5/c1-6-31-24(29)19-15-26-21(14-22(19)28)17-12-16(2)23(32-11-7-10-30-5)13-18(17)20-8-9-25(3,4)27(20)26;1-5-15-11-16-17(12-22(15)31-10-6-9-30-4)19-7-8-24(2,3)26(19)25-14-18(23(28)29)21(27)13-20(16)25/h12-15,20H,6-11H2,1-5H3;11-14,19H,5-10H2,1-4H3,(H,28,29)/t20-;19-/m11/s1. The van der Waals surface area contributed by atoms with E-state index in [0.29, 0.717) is 26.4 Å². The number of carboxylic acid groups (broad SMARTS) is 1. The van der Waals surface area contributed by atoms with E-state index < -0.39 is 17.4 Å². The summed E-state index contributed by atoms with van der Waals surface area (Å²) < 4.78 is 31.4. The topological polar surface area (TPSA) is 151 Å². The third-order valence-electron chi connectivity index (χ3n) is 12.9. The molecule has 2 saturated heterocycles. The highest BCUT2D eigenvalue weighted by molar-refractivity contribution is 5.90. The van der Waals surface area contributed by atoms with Crippen LogP contribution in [0, 0.1) is 6.92 Å². The lowest BCUT2D eigenvalue weighted by atomic mass is 9.91. The van der Waals surface area contributed by atoms with Gasteiger partial charge in [-0.3, -0.25) is 29.0 Å². The van der Waals surface area contributed by atoms with Crippen molar-refractivity contribution in [2.45, 2.75) is 117 Å². The minimum Gasteiger partial charge on any atom is -0.493 e. The molecular weight excluding hydrogens is 805 g/mol. The van der Waals surface area contributed by atoms with E-state index in [9.17, 15) is 24.3 Å². The number of hydrogen-bond acceptors (Lipinski definition) is 11. The van der Waals surface area contributed by atoms with Crippen molar-refractivity contribution in [2.24, 2.45) is 0 Å². The van der Waals surface area contributed by atoms with Crippen molar-refractivity contribution in [3.8, 4) is 34.0 Å². The molecule has 2 fully saturated rings. The van der Waals surface area contributed by atoms with Gasteiger partial charge in [-0.15, -0.1) is 0 Å². The lowest BCUT2D eigenvalue weighted by Crippen LogP contribution is -2.50. The van der Waals surface area contributed by atoms with Gasteiger partial charge in [-0.05, 0) is 120 Å². The average molecular weight is 867 g/mol. The van der Waals surface area contributed by atoms with Crippen LogP contribution in [0.5, 0.6) is 11.5 Å². The van der Waals surface area contributed by atoms with Crippen LogP contribution < -0.4 is 30.3 Å². The largest absolute Gasteiger partial charge is 0.493 e. The van der Waals surface area contributed by atoms with Crippen molar-refractivity contribution in [3.63, 3.8) is 0 Å². The number of carbonyl (C=O) groups is 2. The molecule has 2 aromatic heterocycles. The molecule has 0 spiro atoms. The zero-order valence-corrected chi connectivity index (χ0v) is 38.2. The highest BCUT2D eigenvalue weighted by Gasteiger charge is 2.47. The van der Waals surface area contributed by atoms with E-state index in [-0.39, 0.29) is 46.3 Å². The first-order valence-electron chi connectivity index (χ1n) is 22.1. The molecule has 14 heteroatoms. The monoisotopic (exact) mass is 866 g/mol. The predicted molar refractivity (Wildman–Crippen MR) is 242 cm³/mol. The van der Waals surface area contributed by atoms with Crippen molar-refractivity contribution in [2.75, 3.05) is 57.3 Å². The Hall–Kier alpha value is -5.60. The molecule has 6 heterocycles. The minimum absolute atomic E-state index is 0.0651. The van der Waals surface area contributed by atoms with Gasteiger partial charge in [0.15, 0.2) is 10.9 Å². The summed E-state index contributed by atoms with van der Waals surface area (Å²) in [6.45, 7) is 17.3. The number of ether oxygens (including phenoxy) is 5.